The highest BCUT2D eigenvalue weighted by Gasteiger charge is 2.46. The van der Waals surface area contributed by atoms with Crippen molar-refractivity contribution in [1.29, 1.82) is 0 Å². The molecule has 3 rings (SSSR count). The zero-order valence-electron chi connectivity index (χ0n) is 11.6. The first-order valence-corrected chi connectivity index (χ1v) is 7.19. The van der Waals surface area contributed by atoms with Gasteiger partial charge >= 0.3 is 5.97 Å². The highest BCUT2D eigenvalue weighted by Crippen LogP contribution is 2.38. The molecule has 0 aliphatic carbocycles. The Hall–Kier alpha value is -1.84. The molecule has 1 aromatic carbocycles. The molecule has 0 aromatic heterocycles. The van der Waals surface area contributed by atoms with Gasteiger partial charge in [-0.15, -0.1) is 0 Å². The van der Waals surface area contributed by atoms with Gasteiger partial charge in [-0.1, -0.05) is 29.8 Å². The second-order valence-corrected chi connectivity index (χ2v) is 5.87. The molecule has 2 aliphatic heterocycles. The highest BCUT2D eigenvalue weighted by molar-refractivity contribution is 5.89. The second kappa shape index (κ2) is 4.93. The standard InChI is InChI=1S/C16H19NO3/c1-10-3-2-4-11(9-10)13-7-5-12-6-8-14(16(19)20)17(12)15(13)18/h2-4,9,12-14H,5-8H2,1H3,(H,19,20). The molecule has 4 nitrogen and oxygen atoms in total. The Kier molecular flexibility index (Phi) is 3.24. The summed E-state index contributed by atoms with van der Waals surface area (Å²) >= 11 is 0. The average molecular weight is 273 g/mol. The van der Waals surface area contributed by atoms with E-state index in [4.69, 9.17) is 0 Å². The van der Waals surface area contributed by atoms with Crippen LogP contribution in [0.25, 0.3) is 0 Å². The predicted molar refractivity (Wildman–Crippen MR) is 74.4 cm³/mol. The van der Waals surface area contributed by atoms with Gasteiger partial charge in [0.1, 0.15) is 6.04 Å². The molecule has 2 saturated heterocycles. The van der Waals surface area contributed by atoms with Gasteiger partial charge in [-0.3, -0.25) is 4.79 Å². The average Bonchev–Trinajstić information content (AvgIpc) is 2.84. The van der Waals surface area contributed by atoms with Gasteiger partial charge in [-0.2, -0.15) is 0 Å². The van der Waals surface area contributed by atoms with Gasteiger partial charge in [0.05, 0.1) is 5.92 Å². The van der Waals surface area contributed by atoms with Crippen LogP contribution in [0.15, 0.2) is 24.3 Å². The zero-order valence-corrected chi connectivity index (χ0v) is 11.6. The summed E-state index contributed by atoms with van der Waals surface area (Å²) in [6.45, 7) is 2.01. The Bertz CT molecular complexity index is 554. The summed E-state index contributed by atoms with van der Waals surface area (Å²) in [5, 5.41) is 9.28. The Labute approximate surface area is 118 Å². The summed E-state index contributed by atoms with van der Waals surface area (Å²) in [7, 11) is 0. The number of benzene rings is 1. The topological polar surface area (TPSA) is 57.6 Å². The first-order chi connectivity index (χ1) is 9.58. The number of fused-ring (bicyclic) bond motifs is 1. The minimum atomic E-state index is -0.870. The summed E-state index contributed by atoms with van der Waals surface area (Å²) in [6.07, 6.45) is 3.15. The van der Waals surface area contributed by atoms with Gasteiger partial charge in [0.2, 0.25) is 5.91 Å². The first kappa shape index (κ1) is 13.2. The number of piperidine rings is 1. The van der Waals surface area contributed by atoms with Gasteiger partial charge in [0, 0.05) is 6.04 Å². The smallest absolute Gasteiger partial charge is 0.326 e. The normalized spacial score (nSPS) is 29.4. The Balaban J connectivity index is 1.89. The molecular weight excluding hydrogens is 254 g/mol. The molecule has 0 saturated carbocycles. The minimum absolute atomic E-state index is 0.00301. The van der Waals surface area contributed by atoms with Crippen LogP contribution in [0.1, 0.15) is 42.7 Å². The van der Waals surface area contributed by atoms with Gasteiger partial charge in [0.25, 0.3) is 0 Å². The maximum Gasteiger partial charge on any atom is 0.326 e. The lowest BCUT2D eigenvalue weighted by molar-refractivity contribution is -0.152. The zero-order chi connectivity index (χ0) is 14.3. The number of amides is 1. The van der Waals surface area contributed by atoms with Crippen molar-refractivity contribution in [2.45, 2.75) is 50.6 Å². The van der Waals surface area contributed by atoms with E-state index in [-0.39, 0.29) is 17.9 Å². The lowest BCUT2D eigenvalue weighted by atomic mass is 9.86. The van der Waals surface area contributed by atoms with Crippen LogP contribution in [0.3, 0.4) is 0 Å². The number of carbonyl (C=O) groups is 2. The van der Waals surface area contributed by atoms with Crippen molar-refractivity contribution >= 4 is 11.9 Å². The summed E-state index contributed by atoms with van der Waals surface area (Å²) in [6, 6.07) is 7.49. The Morgan fingerprint density at radius 3 is 2.70 bits per heavy atom. The van der Waals surface area contributed by atoms with Crippen LogP contribution in [0.5, 0.6) is 0 Å². The number of hydrogen-bond donors (Lipinski definition) is 1. The van der Waals surface area contributed by atoms with Crippen molar-refractivity contribution in [3.8, 4) is 0 Å². The summed E-state index contributed by atoms with van der Waals surface area (Å²) in [5.74, 6) is -1.05. The van der Waals surface area contributed by atoms with E-state index >= 15 is 0 Å². The van der Waals surface area contributed by atoms with E-state index in [1.54, 1.807) is 4.90 Å². The molecule has 4 heteroatoms. The molecule has 106 valence electrons. The molecule has 1 aromatic rings. The van der Waals surface area contributed by atoms with Crippen LogP contribution in [-0.4, -0.2) is 34.0 Å². The third-order valence-corrected chi connectivity index (χ3v) is 4.57. The SMILES string of the molecule is Cc1cccc(C2CCC3CCC(C(=O)O)N3C2=O)c1. The Morgan fingerprint density at radius 2 is 2.00 bits per heavy atom. The fourth-order valence-corrected chi connectivity index (χ4v) is 3.60. The molecule has 0 radical (unpaired) electrons. The number of carboxylic acid groups (broad SMARTS) is 1. The minimum Gasteiger partial charge on any atom is -0.480 e. The van der Waals surface area contributed by atoms with Crippen LogP contribution in [0.2, 0.25) is 0 Å². The molecule has 0 bridgehead atoms. The fourth-order valence-electron chi connectivity index (χ4n) is 3.60. The maximum atomic E-state index is 12.7. The number of carbonyl (C=O) groups excluding carboxylic acids is 1. The first-order valence-electron chi connectivity index (χ1n) is 7.19. The molecule has 1 N–H and O–H groups in total. The van der Waals surface area contributed by atoms with Gasteiger partial charge < -0.3 is 10.0 Å². The van der Waals surface area contributed by atoms with Crippen LogP contribution in [0, 0.1) is 6.92 Å². The molecule has 2 fully saturated rings. The van der Waals surface area contributed by atoms with E-state index in [0.717, 1.165) is 30.4 Å². The van der Waals surface area contributed by atoms with Crippen LogP contribution >= 0.6 is 0 Å². The summed E-state index contributed by atoms with van der Waals surface area (Å²) in [5.41, 5.74) is 2.15. The Morgan fingerprint density at radius 1 is 1.25 bits per heavy atom. The third kappa shape index (κ3) is 2.09. The third-order valence-electron chi connectivity index (χ3n) is 4.57. The number of aliphatic carboxylic acids is 1. The molecule has 3 atom stereocenters. The predicted octanol–water partition coefficient (Wildman–Crippen LogP) is 2.32. The van der Waals surface area contributed by atoms with Crippen LogP contribution < -0.4 is 0 Å². The highest BCUT2D eigenvalue weighted by atomic mass is 16.4. The lowest BCUT2D eigenvalue weighted by Crippen LogP contribution is -2.49. The molecule has 3 unspecified atom stereocenters. The molecule has 2 aliphatic rings. The molecule has 2 heterocycles. The van der Waals surface area contributed by atoms with E-state index < -0.39 is 12.0 Å². The van der Waals surface area contributed by atoms with E-state index in [1.807, 2.05) is 31.2 Å². The summed E-state index contributed by atoms with van der Waals surface area (Å²) in [4.78, 5) is 25.6. The summed E-state index contributed by atoms with van der Waals surface area (Å²) < 4.78 is 0. The molecule has 0 spiro atoms. The van der Waals surface area contributed by atoms with Crippen molar-refractivity contribution in [2.75, 3.05) is 0 Å². The quantitative estimate of drug-likeness (QED) is 0.899. The lowest BCUT2D eigenvalue weighted by Gasteiger charge is -2.37. The van der Waals surface area contributed by atoms with Crippen molar-refractivity contribution in [3.63, 3.8) is 0 Å². The molecule has 1 amide bonds. The second-order valence-electron chi connectivity index (χ2n) is 5.87. The van der Waals surface area contributed by atoms with Crippen molar-refractivity contribution in [1.82, 2.24) is 4.90 Å². The molecular formula is C16H19NO3. The van der Waals surface area contributed by atoms with Crippen LogP contribution in [0.4, 0.5) is 0 Å². The van der Waals surface area contributed by atoms with Crippen molar-refractivity contribution < 1.29 is 14.7 Å². The van der Waals surface area contributed by atoms with Gasteiger partial charge in [-0.25, -0.2) is 4.79 Å². The number of nitrogens with zero attached hydrogens (tertiary/aromatic N) is 1. The number of hydrogen-bond acceptors (Lipinski definition) is 2. The van der Waals surface area contributed by atoms with E-state index in [1.165, 1.54) is 0 Å². The fraction of sp³-hybridized carbons (Fsp3) is 0.500. The number of aryl methyl sites for hydroxylation is 1. The van der Waals surface area contributed by atoms with Gasteiger partial charge in [0.15, 0.2) is 0 Å². The number of rotatable bonds is 2. The van der Waals surface area contributed by atoms with E-state index in [2.05, 4.69) is 0 Å². The van der Waals surface area contributed by atoms with Crippen molar-refractivity contribution in [3.05, 3.63) is 35.4 Å². The van der Waals surface area contributed by atoms with Gasteiger partial charge in [-0.05, 0) is 38.2 Å². The monoisotopic (exact) mass is 273 g/mol. The molecule has 20 heavy (non-hydrogen) atoms. The van der Waals surface area contributed by atoms with E-state index in [9.17, 15) is 14.7 Å². The maximum absolute atomic E-state index is 12.7. The largest absolute Gasteiger partial charge is 0.480 e. The van der Waals surface area contributed by atoms with E-state index in [0.29, 0.717) is 6.42 Å². The van der Waals surface area contributed by atoms with Crippen molar-refractivity contribution in [2.24, 2.45) is 0 Å². The number of carboxylic acids is 1. The van der Waals surface area contributed by atoms with Crippen LogP contribution in [-0.2, 0) is 9.59 Å².